The molecule has 0 saturated heterocycles. The summed E-state index contributed by atoms with van der Waals surface area (Å²) in [5.74, 6) is 1.21. The maximum Gasteiger partial charge on any atom is 0.335 e. The molecule has 3 saturated carbocycles. The first-order valence-electron chi connectivity index (χ1n) is 15.0. The van der Waals surface area contributed by atoms with Gasteiger partial charge in [-0.3, -0.25) is 4.79 Å². The number of cyclic esters (lactones) is 1. The SMILES string of the molecule is CCC(O)CC(=O)C1CC2C3(C)CCCC(C)(CC)C3CCC2(C)C2CCC3=C(C(=O)OC3C)C12C. The third kappa shape index (κ3) is 3.41. The van der Waals surface area contributed by atoms with Gasteiger partial charge in [0.15, 0.2) is 0 Å². The van der Waals surface area contributed by atoms with Crippen LogP contribution in [0.5, 0.6) is 0 Å². The molecular weight excluding hydrogens is 448 g/mol. The molecule has 0 aromatic carbocycles. The van der Waals surface area contributed by atoms with Gasteiger partial charge in [-0.25, -0.2) is 4.79 Å². The molecule has 4 heteroatoms. The molecule has 5 aliphatic rings. The van der Waals surface area contributed by atoms with Crippen molar-refractivity contribution in [1.82, 2.24) is 0 Å². The monoisotopic (exact) mass is 498 g/mol. The van der Waals surface area contributed by atoms with Crippen LogP contribution in [-0.2, 0) is 14.3 Å². The topological polar surface area (TPSA) is 63.6 Å². The maximum absolute atomic E-state index is 14.1. The molecular formula is C32H50O4. The summed E-state index contributed by atoms with van der Waals surface area (Å²) in [6.45, 7) is 16.2. The van der Waals surface area contributed by atoms with Gasteiger partial charge in [0.2, 0.25) is 0 Å². The Labute approximate surface area is 219 Å². The largest absolute Gasteiger partial charge is 0.455 e. The number of ketones is 1. The van der Waals surface area contributed by atoms with Gasteiger partial charge in [-0.1, -0.05) is 54.4 Å². The number of carbonyl (C=O) groups excluding carboxylic acids is 2. The van der Waals surface area contributed by atoms with Crippen molar-refractivity contribution in [2.75, 3.05) is 0 Å². The Morgan fingerprint density at radius 2 is 1.72 bits per heavy atom. The summed E-state index contributed by atoms with van der Waals surface area (Å²) in [5, 5.41) is 10.5. The highest BCUT2D eigenvalue weighted by atomic mass is 16.5. The van der Waals surface area contributed by atoms with Crippen LogP contribution >= 0.6 is 0 Å². The second-order valence-electron chi connectivity index (χ2n) is 14.4. The van der Waals surface area contributed by atoms with E-state index < -0.39 is 11.5 Å². The first kappa shape index (κ1) is 26.4. The summed E-state index contributed by atoms with van der Waals surface area (Å²) in [5.41, 5.74) is 2.18. The summed E-state index contributed by atoms with van der Waals surface area (Å²) in [6, 6.07) is 0. The minimum atomic E-state index is -0.605. The van der Waals surface area contributed by atoms with Crippen molar-refractivity contribution in [1.29, 1.82) is 0 Å². The van der Waals surface area contributed by atoms with Crippen LogP contribution in [0.4, 0.5) is 0 Å². The third-order valence-corrected chi connectivity index (χ3v) is 13.0. The average Bonchev–Trinajstić information content (AvgIpc) is 3.12. The fourth-order valence-electron chi connectivity index (χ4n) is 11.1. The van der Waals surface area contributed by atoms with Gasteiger partial charge in [-0.2, -0.15) is 0 Å². The lowest BCUT2D eigenvalue weighted by Crippen LogP contribution is -2.65. The molecule has 10 unspecified atom stereocenters. The molecule has 1 aliphatic heterocycles. The predicted octanol–water partition coefficient (Wildman–Crippen LogP) is 7.03. The van der Waals surface area contributed by atoms with E-state index in [9.17, 15) is 14.7 Å². The lowest BCUT2D eigenvalue weighted by atomic mass is 9.33. The summed E-state index contributed by atoms with van der Waals surface area (Å²) >= 11 is 0. The molecule has 0 radical (unpaired) electrons. The van der Waals surface area contributed by atoms with Crippen molar-refractivity contribution >= 4 is 11.8 Å². The van der Waals surface area contributed by atoms with E-state index in [1.807, 2.05) is 13.8 Å². The van der Waals surface area contributed by atoms with E-state index in [4.69, 9.17) is 4.74 Å². The summed E-state index contributed by atoms with van der Waals surface area (Å²) in [4.78, 5) is 27.5. The number of esters is 1. The fourth-order valence-corrected chi connectivity index (χ4v) is 11.1. The molecule has 5 rings (SSSR count). The Morgan fingerprint density at radius 3 is 2.39 bits per heavy atom. The number of aliphatic hydroxyl groups is 1. The van der Waals surface area contributed by atoms with Crippen molar-refractivity contribution in [3.05, 3.63) is 11.1 Å². The molecule has 1 heterocycles. The van der Waals surface area contributed by atoms with Crippen LogP contribution in [0.2, 0.25) is 0 Å². The summed E-state index contributed by atoms with van der Waals surface area (Å²) in [7, 11) is 0. The Balaban J connectivity index is 1.64. The zero-order chi connectivity index (χ0) is 26.3. The highest BCUT2D eigenvalue weighted by Gasteiger charge is 2.69. The van der Waals surface area contributed by atoms with Crippen LogP contribution in [0.15, 0.2) is 11.1 Å². The molecule has 0 aromatic rings. The molecule has 202 valence electrons. The predicted molar refractivity (Wildman–Crippen MR) is 142 cm³/mol. The number of rotatable bonds is 5. The van der Waals surface area contributed by atoms with Crippen LogP contribution in [0, 0.1) is 45.3 Å². The first-order chi connectivity index (χ1) is 16.9. The van der Waals surface area contributed by atoms with Crippen molar-refractivity contribution in [2.45, 2.75) is 131 Å². The standard InChI is InChI=1S/C32H50O4/c1-8-20(33)17-23(34)22-18-26-30(5)15-10-14-29(4,9-2)24(30)13-16-31(26,6)25-12-11-21-19(3)36-28(35)27(21)32(22,25)7/h19-20,22,24-26,33H,8-18H2,1-7H3. The summed E-state index contributed by atoms with van der Waals surface area (Å²) in [6.07, 6.45) is 10.3. The van der Waals surface area contributed by atoms with Crippen LogP contribution in [0.3, 0.4) is 0 Å². The molecule has 10 atom stereocenters. The van der Waals surface area contributed by atoms with E-state index in [1.165, 1.54) is 38.5 Å². The zero-order valence-corrected chi connectivity index (χ0v) is 23.9. The van der Waals surface area contributed by atoms with E-state index >= 15 is 0 Å². The first-order valence-corrected chi connectivity index (χ1v) is 15.0. The average molecular weight is 499 g/mol. The Bertz CT molecular complexity index is 967. The lowest BCUT2D eigenvalue weighted by Gasteiger charge is -2.70. The maximum atomic E-state index is 14.1. The van der Waals surface area contributed by atoms with E-state index in [2.05, 4.69) is 34.6 Å². The van der Waals surface area contributed by atoms with Gasteiger partial charge in [0, 0.05) is 23.3 Å². The smallest absolute Gasteiger partial charge is 0.335 e. The minimum absolute atomic E-state index is 0.108. The summed E-state index contributed by atoms with van der Waals surface area (Å²) < 4.78 is 5.80. The highest BCUT2D eigenvalue weighted by Crippen LogP contribution is 2.75. The molecule has 3 fully saturated rings. The molecule has 4 aliphatic carbocycles. The number of carbonyl (C=O) groups is 2. The van der Waals surface area contributed by atoms with Gasteiger partial charge in [0.1, 0.15) is 11.9 Å². The Morgan fingerprint density at radius 1 is 1.03 bits per heavy atom. The van der Waals surface area contributed by atoms with Crippen molar-refractivity contribution in [3.63, 3.8) is 0 Å². The number of Topliss-reactive ketones (excluding diaryl/α,β-unsaturated/α-hetero) is 1. The van der Waals surface area contributed by atoms with Crippen LogP contribution in [0.1, 0.15) is 119 Å². The molecule has 0 aromatic heterocycles. The number of hydrogen-bond donors (Lipinski definition) is 1. The Kier molecular flexibility index (Phi) is 6.38. The van der Waals surface area contributed by atoms with Gasteiger partial charge in [-0.05, 0) is 97.9 Å². The van der Waals surface area contributed by atoms with Gasteiger partial charge in [0.05, 0.1) is 6.10 Å². The van der Waals surface area contributed by atoms with Crippen molar-refractivity contribution in [2.24, 2.45) is 45.3 Å². The van der Waals surface area contributed by atoms with Crippen LogP contribution < -0.4 is 0 Å². The molecule has 0 bridgehead atoms. The van der Waals surface area contributed by atoms with Gasteiger partial charge in [0.25, 0.3) is 0 Å². The molecule has 36 heavy (non-hydrogen) atoms. The highest BCUT2D eigenvalue weighted by molar-refractivity contribution is 5.96. The van der Waals surface area contributed by atoms with Gasteiger partial charge >= 0.3 is 5.97 Å². The molecule has 1 N–H and O–H groups in total. The van der Waals surface area contributed by atoms with E-state index in [-0.39, 0.29) is 41.0 Å². The van der Waals surface area contributed by atoms with E-state index in [1.54, 1.807) is 0 Å². The molecule has 0 spiro atoms. The Hall–Kier alpha value is -1.16. The molecule has 0 amide bonds. The van der Waals surface area contributed by atoms with Crippen molar-refractivity contribution < 1.29 is 19.4 Å². The molecule has 4 nitrogen and oxygen atoms in total. The fraction of sp³-hybridized carbons (Fsp3) is 0.875. The number of aliphatic hydroxyl groups excluding tert-OH is 1. The number of hydrogen-bond acceptors (Lipinski definition) is 4. The van der Waals surface area contributed by atoms with Crippen LogP contribution in [0.25, 0.3) is 0 Å². The van der Waals surface area contributed by atoms with Crippen molar-refractivity contribution in [3.8, 4) is 0 Å². The normalized spacial score (nSPS) is 48.9. The van der Waals surface area contributed by atoms with E-state index in [0.29, 0.717) is 29.6 Å². The second kappa shape index (κ2) is 8.68. The minimum Gasteiger partial charge on any atom is -0.455 e. The second-order valence-corrected chi connectivity index (χ2v) is 14.4. The third-order valence-electron chi connectivity index (χ3n) is 13.0. The zero-order valence-electron chi connectivity index (χ0n) is 23.9. The number of fused-ring (bicyclic) bond motifs is 6. The van der Waals surface area contributed by atoms with E-state index in [0.717, 1.165) is 30.4 Å². The number of ether oxygens (including phenoxy) is 1. The quantitative estimate of drug-likeness (QED) is 0.413. The lowest BCUT2D eigenvalue weighted by molar-refractivity contribution is -0.207. The van der Waals surface area contributed by atoms with Gasteiger partial charge in [-0.15, -0.1) is 0 Å². The van der Waals surface area contributed by atoms with Gasteiger partial charge < -0.3 is 9.84 Å². The van der Waals surface area contributed by atoms with Crippen LogP contribution in [-0.4, -0.2) is 29.1 Å².